The van der Waals surface area contributed by atoms with E-state index in [1.165, 1.54) is 0 Å². The van der Waals surface area contributed by atoms with Gasteiger partial charge in [-0.05, 0) is 63.9 Å². The average Bonchev–Trinajstić information content (AvgIpc) is 3.17. The van der Waals surface area contributed by atoms with Crippen molar-refractivity contribution in [3.63, 3.8) is 0 Å². The van der Waals surface area contributed by atoms with Crippen molar-refractivity contribution >= 4 is 12.2 Å². The Morgan fingerprint density at radius 3 is 2.76 bits per heavy atom. The molecule has 3 fully saturated rings. The van der Waals surface area contributed by atoms with Crippen LogP contribution in [-0.2, 0) is 21.4 Å². The molecule has 4 heterocycles. The third-order valence-corrected chi connectivity index (χ3v) is 7.03. The van der Waals surface area contributed by atoms with Crippen LogP contribution in [0.4, 0.5) is 0 Å². The van der Waals surface area contributed by atoms with E-state index in [1.54, 1.807) is 0 Å². The molecule has 5 rings (SSSR count). The number of aromatic nitrogens is 1. The minimum atomic E-state index is -1.08. The lowest BCUT2D eigenvalue weighted by Crippen LogP contribution is -2.45. The SMILES string of the molecule is CC1(C)C[C@@H](C2C=Cn3c(cc(C(=O)O)c3C3(C4NOC(O)N4)CC3)C2)CCO1. The second kappa shape index (κ2) is 6.65. The van der Waals surface area contributed by atoms with E-state index in [0.29, 0.717) is 17.4 Å². The highest BCUT2D eigenvalue weighted by Gasteiger charge is 2.57. The highest BCUT2D eigenvalue weighted by atomic mass is 16.8. The first kappa shape index (κ1) is 19.3. The van der Waals surface area contributed by atoms with Crippen molar-refractivity contribution in [3.05, 3.63) is 29.1 Å². The first-order chi connectivity index (χ1) is 13.8. The van der Waals surface area contributed by atoms with E-state index < -0.39 is 17.8 Å². The van der Waals surface area contributed by atoms with Gasteiger partial charge >= 0.3 is 5.97 Å². The van der Waals surface area contributed by atoms with Crippen LogP contribution in [0.25, 0.3) is 6.20 Å². The normalized spacial score (nSPS) is 34.7. The number of fused-ring (bicyclic) bond motifs is 1. The molecule has 8 nitrogen and oxygen atoms in total. The predicted octanol–water partition coefficient (Wildman–Crippen LogP) is 1.79. The first-order valence-corrected chi connectivity index (χ1v) is 10.4. The molecule has 3 unspecified atom stereocenters. The molecule has 0 radical (unpaired) electrons. The molecule has 3 aliphatic heterocycles. The Morgan fingerprint density at radius 2 is 2.14 bits per heavy atom. The van der Waals surface area contributed by atoms with E-state index in [2.05, 4.69) is 41.5 Å². The fraction of sp³-hybridized carbons (Fsp3) is 0.667. The lowest BCUT2D eigenvalue weighted by molar-refractivity contribution is -0.110. The second-order valence-corrected chi connectivity index (χ2v) is 9.49. The van der Waals surface area contributed by atoms with Gasteiger partial charge in [-0.2, -0.15) is 5.48 Å². The number of aromatic carboxylic acids is 1. The van der Waals surface area contributed by atoms with Crippen LogP contribution in [0.3, 0.4) is 0 Å². The van der Waals surface area contributed by atoms with E-state index >= 15 is 0 Å². The largest absolute Gasteiger partial charge is 0.478 e. The van der Waals surface area contributed by atoms with Gasteiger partial charge in [0.1, 0.15) is 0 Å². The first-order valence-electron chi connectivity index (χ1n) is 10.4. The number of hydrogen-bond donors (Lipinski definition) is 4. The summed E-state index contributed by atoms with van der Waals surface area (Å²) in [6.07, 6.45) is 7.44. The average molecular weight is 403 g/mol. The number of aliphatic hydroxyl groups is 1. The number of rotatable bonds is 4. The summed E-state index contributed by atoms with van der Waals surface area (Å²) in [5.41, 5.74) is 4.51. The predicted molar refractivity (Wildman–Crippen MR) is 105 cm³/mol. The molecule has 0 amide bonds. The zero-order chi connectivity index (χ0) is 20.4. The maximum Gasteiger partial charge on any atom is 0.337 e. The zero-order valence-corrected chi connectivity index (χ0v) is 16.9. The van der Waals surface area contributed by atoms with Crippen LogP contribution >= 0.6 is 0 Å². The lowest BCUT2D eigenvalue weighted by Gasteiger charge is -2.39. The quantitative estimate of drug-likeness (QED) is 0.607. The molecule has 0 spiro atoms. The second-order valence-electron chi connectivity index (χ2n) is 9.49. The third-order valence-electron chi connectivity index (χ3n) is 7.03. The Labute approximate surface area is 169 Å². The van der Waals surface area contributed by atoms with Crippen LogP contribution in [0, 0.1) is 11.8 Å². The van der Waals surface area contributed by atoms with E-state index in [9.17, 15) is 15.0 Å². The summed E-state index contributed by atoms with van der Waals surface area (Å²) >= 11 is 0. The van der Waals surface area contributed by atoms with Crippen LogP contribution in [0.5, 0.6) is 0 Å². The summed E-state index contributed by atoms with van der Waals surface area (Å²) in [6.45, 7) is 5.06. The minimum Gasteiger partial charge on any atom is -0.478 e. The van der Waals surface area contributed by atoms with Gasteiger partial charge in [0.05, 0.1) is 17.3 Å². The van der Waals surface area contributed by atoms with Crippen molar-refractivity contribution in [2.24, 2.45) is 11.8 Å². The molecule has 29 heavy (non-hydrogen) atoms. The number of hydrogen-bond acceptors (Lipinski definition) is 6. The Hall–Kier alpha value is -1.71. The van der Waals surface area contributed by atoms with E-state index in [4.69, 9.17) is 9.57 Å². The number of nitrogens with one attached hydrogen (secondary N) is 2. The number of hydroxylamine groups is 1. The molecule has 8 heteroatoms. The molecule has 1 saturated carbocycles. The summed E-state index contributed by atoms with van der Waals surface area (Å²) in [6, 6.07) is 1.84. The summed E-state index contributed by atoms with van der Waals surface area (Å²) in [5.74, 6) is 0.00914. The zero-order valence-electron chi connectivity index (χ0n) is 16.9. The van der Waals surface area contributed by atoms with E-state index in [1.807, 2.05) is 6.07 Å². The molecule has 0 aromatic carbocycles. The summed E-state index contributed by atoms with van der Waals surface area (Å²) < 4.78 is 7.94. The van der Waals surface area contributed by atoms with Crippen LogP contribution in [-0.4, -0.2) is 45.5 Å². The maximum absolute atomic E-state index is 12.1. The van der Waals surface area contributed by atoms with Crippen molar-refractivity contribution in [1.82, 2.24) is 15.4 Å². The molecular formula is C21H29N3O5. The van der Waals surface area contributed by atoms with Gasteiger partial charge in [0.2, 0.25) is 6.41 Å². The van der Waals surface area contributed by atoms with Gasteiger partial charge in [0, 0.05) is 29.6 Å². The topological polar surface area (TPSA) is 105 Å². The van der Waals surface area contributed by atoms with Crippen molar-refractivity contribution in [1.29, 1.82) is 0 Å². The van der Waals surface area contributed by atoms with Crippen molar-refractivity contribution < 1.29 is 24.6 Å². The van der Waals surface area contributed by atoms with Crippen molar-refractivity contribution in [3.8, 4) is 0 Å². The van der Waals surface area contributed by atoms with Gasteiger partial charge in [-0.3, -0.25) is 4.84 Å². The summed E-state index contributed by atoms with van der Waals surface area (Å²) in [4.78, 5) is 17.1. The highest BCUT2D eigenvalue weighted by Crippen LogP contribution is 2.53. The van der Waals surface area contributed by atoms with Crippen LogP contribution in [0.1, 0.15) is 61.3 Å². The molecule has 158 valence electrons. The molecule has 1 aromatic heterocycles. The molecule has 4 aliphatic rings. The van der Waals surface area contributed by atoms with Crippen molar-refractivity contribution in [2.45, 2.75) is 69.5 Å². The van der Waals surface area contributed by atoms with Crippen LogP contribution in [0.2, 0.25) is 0 Å². The van der Waals surface area contributed by atoms with Gasteiger partial charge in [-0.15, -0.1) is 0 Å². The Bertz CT molecular complexity index is 857. The molecule has 0 bridgehead atoms. The smallest absolute Gasteiger partial charge is 0.337 e. The molecular weight excluding hydrogens is 374 g/mol. The standard InChI is InChI=1S/C21H29N3O5/c1-20(2)11-13(4-8-28-20)12-3-7-24-14(9-12)10-15(17(25)26)16(24)21(5-6-21)18-22-19(27)29-23-18/h3,7,10,12-13,18-19,22-23,27H,4-6,8-9,11H2,1-2H3,(H,25,26)/t12?,13-,18?,19?/m0/s1. The fourth-order valence-corrected chi connectivity index (χ4v) is 5.46. The summed E-state index contributed by atoms with van der Waals surface area (Å²) in [7, 11) is 0. The highest BCUT2D eigenvalue weighted by molar-refractivity contribution is 5.90. The van der Waals surface area contributed by atoms with Gasteiger partial charge in [-0.1, -0.05) is 6.08 Å². The van der Waals surface area contributed by atoms with Gasteiger partial charge in [0.15, 0.2) is 0 Å². The van der Waals surface area contributed by atoms with E-state index in [0.717, 1.165) is 50.1 Å². The molecule has 2 saturated heterocycles. The number of carboxylic acids is 1. The van der Waals surface area contributed by atoms with Crippen molar-refractivity contribution in [2.75, 3.05) is 6.61 Å². The van der Waals surface area contributed by atoms with Gasteiger partial charge in [0.25, 0.3) is 0 Å². The van der Waals surface area contributed by atoms with Gasteiger partial charge < -0.3 is 19.5 Å². The number of aliphatic hydroxyl groups excluding tert-OH is 1. The summed E-state index contributed by atoms with van der Waals surface area (Å²) in [5, 5.41) is 22.6. The van der Waals surface area contributed by atoms with E-state index in [-0.39, 0.29) is 11.8 Å². The van der Waals surface area contributed by atoms with Gasteiger partial charge in [-0.25, -0.2) is 10.1 Å². The number of allylic oxidation sites excluding steroid dienone is 1. The number of nitrogens with zero attached hydrogens (tertiary/aromatic N) is 1. The number of carboxylic acid groups (broad SMARTS) is 1. The Morgan fingerprint density at radius 1 is 1.34 bits per heavy atom. The number of ether oxygens (including phenoxy) is 1. The van der Waals surface area contributed by atoms with Crippen LogP contribution < -0.4 is 10.8 Å². The molecule has 1 aliphatic carbocycles. The molecule has 4 atom stereocenters. The fourth-order valence-electron chi connectivity index (χ4n) is 5.46. The molecule has 4 N–H and O–H groups in total. The Balaban J connectivity index is 1.47. The monoisotopic (exact) mass is 403 g/mol. The lowest BCUT2D eigenvalue weighted by atomic mass is 9.77. The Kier molecular flexibility index (Phi) is 4.42. The molecule has 1 aromatic rings. The number of carbonyl (C=O) groups is 1. The van der Waals surface area contributed by atoms with Crippen LogP contribution in [0.15, 0.2) is 12.1 Å². The minimum absolute atomic E-state index is 0.105. The third kappa shape index (κ3) is 3.23. The maximum atomic E-state index is 12.1.